The number of thioether (sulfide) groups is 1. The van der Waals surface area contributed by atoms with Crippen LogP contribution >= 0.6 is 11.8 Å². The fourth-order valence-electron chi connectivity index (χ4n) is 2.21. The number of H-pyrrole nitrogens is 1. The van der Waals surface area contributed by atoms with Gasteiger partial charge in [0.05, 0.1) is 6.33 Å². The summed E-state index contributed by atoms with van der Waals surface area (Å²) in [7, 11) is 0. The molecule has 1 aliphatic heterocycles. The van der Waals surface area contributed by atoms with Crippen LogP contribution in [0.2, 0.25) is 0 Å². The SMILES string of the molecule is Fc1cccc2c1SCCC2NCc1cnc[nH]1. The highest BCUT2D eigenvalue weighted by atomic mass is 32.2. The van der Waals surface area contributed by atoms with Crippen molar-refractivity contribution in [2.45, 2.75) is 23.9 Å². The van der Waals surface area contributed by atoms with Crippen molar-refractivity contribution in [2.24, 2.45) is 0 Å². The molecule has 94 valence electrons. The average Bonchev–Trinajstić information content (AvgIpc) is 2.90. The summed E-state index contributed by atoms with van der Waals surface area (Å²) in [5.74, 6) is 0.847. The van der Waals surface area contributed by atoms with Gasteiger partial charge >= 0.3 is 0 Å². The standard InChI is InChI=1S/C13H14FN3S/c14-11-3-1-2-10-12(4-5-18-13(10)11)16-7-9-6-15-8-17-9/h1-3,6,8,12,16H,4-5,7H2,(H,15,17). The van der Waals surface area contributed by atoms with Gasteiger partial charge in [-0.05, 0) is 23.8 Å². The van der Waals surface area contributed by atoms with E-state index in [0.717, 1.165) is 34.9 Å². The molecule has 3 nitrogen and oxygen atoms in total. The summed E-state index contributed by atoms with van der Waals surface area (Å²) >= 11 is 1.61. The molecule has 2 aromatic rings. The van der Waals surface area contributed by atoms with Gasteiger partial charge < -0.3 is 10.3 Å². The quantitative estimate of drug-likeness (QED) is 0.894. The summed E-state index contributed by atoms with van der Waals surface area (Å²) in [6, 6.07) is 5.55. The number of nitrogens with one attached hydrogen (secondary N) is 2. The summed E-state index contributed by atoms with van der Waals surface area (Å²) in [5.41, 5.74) is 2.12. The van der Waals surface area contributed by atoms with E-state index in [0.29, 0.717) is 0 Å². The molecule has 1 atom stereocenters. The number of fused-ring (bicyclic) bond motifs is 1. The van der Waals surface area contributed by atoms with E-state index in [2.05, 4.69) is 15.3 Å². The van der Waals surface area contributed by atoms with Gasteiger partial charge in [0.15, 0.2) is 0 Å². The largest absolute Gasteiger partial charge is 0.347 e. The van der Waals surface area contributed by atoms with E-state index in [9.17, 15) is 4.39 Å². The van der Waals surface area contributed by atoms with Crippen LogP contribution in [0.5, 0.6) is 0 Å². The van der Waals surface area contributed by atoms with E-state index in [1.54, 1.807) is 30.4 Å². The van der Waals surface area contributed by atoms with Crippen molar-refractivity contribution in [1.29, 1.82) is 0 Å². The zero-order valence-corrected chi connectivity index (χ0v) is 10.6. The van der Waals surface area contributed by atoms with Crippen molar-refractivity contribution in [3.05, 3.63) is 47.8 Å². The lowest BCUT2D eigenvalue weighted by molar-refractivity contribution is 0.493. The molecule has 0 saturated carbocycles. The number of aromatic nitrogens is 2. The number of imidazole rings is 1. The lowest BCUT2D eigenvalue weighted by Gasteiger charge is -2.26. The van der Waals surface area contributed by atoms with Gasteiger partial charge in [-0.1, -0.05) is 12.1 Å². The van der Waals surface area contributed by atoms with Crippen LogP contribution in [0.4, 0.5) is 4.39 Å². The number of nitrogens with zero attached hydrogens (tertiary/aromatic N) is 1. The van der Waals surface area contributed by atoms with Gasteiger partial charge in [0.25, 0.3) is 0 Å². The smallest absolute Gasteiger partial charge is 0.137 e. The third-order valence-electron chi connectivity index (χ3n) is 3.12. The van der Waals surface area contributed by atoms with Crippen LogP contribution in [0, 0.1) is 5.82 Å². The molecule has 1 unspecified atom stereocenters. The van der Waals surface area contributed by atoms with Crippen molar-refractivity contribution in [1.82, 2.24) is 15.3 Å². The van der Waals surface area contributed by atoms with E-state index in [-0.39, 0.29) is 11.9 Å². The fourth-order valence-corrected chi connectivity index (χ4v) is 3.35. The van der Waals surface area contributed by atoms with Gasteiger partial charge in [-0.2, -0.15) is 0 Å². The summed E-state index contributed by atoms with van der Waals surface area (Å²) in [5, 5.41) is 3.46. The van der Waals surface area contributed by atoms with Crippen molar-refractivity contribution in [2.75, 3.05) is 5.75 Å². The summed E-state index contributed by atoms with van der Waals surface area (Å²) in [6.07, 6.45) is 4.49. The first-order valence-corrected chi connectivity index (χ1v) is 6.95. The lowest BCUT2D eigenvalue weighted by atomic mass is 10.0. The Hall–Kier alpha value is -1.33. The second-order valence-corrected chi connectivity index (χ2v) is 5.41. The first-order chi connectivity index (χ1) is 8.84. The summed E-state index contributed by atoms with van der Waals surface area (Å²) < 4.78 is 13.7. The van der Waals surface area contributed by atoms with Gasteiger partial charge in [0.1, 0.15) is 5.82 Å². The Bertz CT molecular complexity index is 527. The van der Waals surface area contributed by atoms with Crippen LogP contribution in [0.3, 0.4) is 0 Å². The predicted octanol–water partition coefficient (Wildman–Crippen LogP) is 2.88. The average molecular weight is 263 g/mol. The molecule has 0 bridgehead atoms. The highest BCUT2D eigenvalue weighted by molar-refractivity contribution is 7.99. The molecule has 2 N–H and O–H groups in total. The molecule has 0 saturated heterocycles. The number of benzene rings is 1. The number of aromatic amines is 1. The maximum absolute atomic E-state index is 13.7. The Kier molecular flexibility index (Phi) is 3.34. The third-order valence-corrected chi connectivity index (χ3v) is 4.28. The molecule has 0 amide bonds. The van der Waals surface area contributed by atoms with E-state index >= 15 is 0 Å². The number of halogens is 1. The van der Waals surface area contributed by atoms with Crippen LogP contribution in [-0.4, -0.2) is 15.7 Å². The minimum absolute atomic E-state index is 0.106. The molecular formula is C13H14FN3S. The molecule has 2 heterocycles. The molecule has 5 heteroatoms. The van der Waals surface area contributed by atoms with Gasteiger partial charge in [-0.25, -0.2) is 9.37 Å². The topological polar surface area (TPSA) is 40.7 Å². The minimum atomic E-state index is -0.106. The fraction of sp³-hybridized carbons (Fsp3) is 0.308. The monoisotopic (exact) mass is 263 g/mol. The van der Waals surface area contributed by atoms with Crippen LogP contribution < -0.4 is 5.32 Å². The van der Waals surface area contributed by atoms with Crippen molar-refractivity contribution >= 4 is 11.8 Å². The predicted molar refractivity (Wildman–Crippen MR) is 69.9 cm³/mol. The van der Waals surface area contributed by atoms with E-state index in [1.165, 1.54) is 6.07 Å². The van der Waals surface area contributed by atoms with Crippen LogP contribution in [0.25, 0.3) is 0 Å². The van der Waals surface area contributed by atoms with E-state index < -0.39 is 0 Å². The second kappa shape index (κ2) is 5.12. The maximum Gasteiger partial charge on any atom is 0.137 e. The lowest BCUT2D eigenvalue weighted by Crippen LogP contribution is -2.24. The normalized spacial score (nSPS) is 18.6. The highest BCUT2D eigenvalue weighted by Crippen LogP contribution is 2.37. The second-order valence-electron chi connectivity index (χ2n) is 4.31. The van der Waals surface area contributed by atoms with Crippen molar-refractivity contribution in [3.8, 4) is 0 Å². The number of hydrogen-bond donors (Lipinski definition) is 2. The molecule has 18 heavy (non-hydrogen) atoms. The Morgan fingerprint density at radius 2 is 2.44 bits per heavy atom. The molecule has 0 radical (unpaired) electrons. The van der Waals surface area contributed by atoms with Gasteiger partial charge in [-0.3, -0.25) is 0 Å². The molecule has 0 aliphatic carbocycles. The van der Waals surface area contributed by atoms with Gasteiger partial charge in [0.2, 0.25) is 0 Å². The van der Waals surface area contributed by atoms with Crippen LogP contribution in [0.1, 0.15) is 23.7 Å². The Morgan fingerprint density at radius 3 is 3.28 bits per heavy atom. The summed E-state index contributed by atoms with van der Waals surface area (Å²) in [4.78, 5) is 7.84. The van der Waals surface area contributed by atoms with Gasteiger partial charge in [-0.15, -0.1) is 11.8 Å². The number of hydrogen-bond acceptors (Lipinski definition) is 3. The van der Waals surface area contributed by atoms with E-state index in [1.807, 2.05) is 6.07 Å². The first kappa shape index (κ1) is 11.7. The molecule has 0 spiro atoms. The Morgan fingerprint density at radius 1 is 1.50 bits per heavy atom. The molecule has 0 fully saturated rings. The molecule has 1 aliphatic rings. The Balaban J connectivity index is 1.77. The third kappa shape index (κ3) is 2.28. The zero-order chi connectivity index (χ0) is 12.4. The summed E-state index contributed by atoms with van der Waals surface area (Å²) in [6.45, 7) is 0.727. The first-order valence-electron chi connectivity index (χ1n) is 5.96. The van der Waals surface area contributed by atoms with Crippen LogP contribution in [0.15, 0.2) is 35.6 Å². The Labute approximate surface area is 109 Å². The minimum Gasteiger partial charge on any atom is -0.347 e. The van der Waals surface area contributed by atoms with Crippen LogP contribution in [-0.2, 0) is 6.54 Å². The van der Waals surface area contributed by atoms with E-state index in [4.69, 9.17) is 0 Å². The van der Waals surface area contributed by atoms with Crippen molar-refractivity contribution in [3.63, 3.8) is 0 Å². The van der Waals surface area contributed by atoms with Gasteiger partial charge in [0, 0.05) is 29.4 Å². The molecular weight excluding hydrogens is 249 g/mol. The maximum atomic E-state index is 13.7. The highest BCUT2D eigenvalue weighted by Gasteiger charge is 2.22. The number of rotatable bonds is 3. The molecule has 1 aromatic heterocycles. The molecule has 1 aromatic carbocycles. The van der Waals surface area contributed by atoms with Crippen molar-refractivity contribution < 1.29 is 4.39 Å². The zero-order valence-electron chi connectivity index (χ0n) is 9.82. The molecule has 3 rings (SSSR count).